The molecule has 0 heterocycles. The average Bonchev–Trinajstić information content (AvgIpc) is 2.18. The largest absolute Gasteiger partial charge is 0.326 e. The minimum Gasteiger partial charge on any atom is -0.326 e. The van der Waals surface area contributed by atoms with Gasteiger partial charge in [0.05, 0.1) is 0 Å². The zero-order chi connectivity index (χ0) is 11.3. The number of allylic oxidation sites excluding steroid dienone is 1. The minimum absolute atomic E-state index is 0.114. The molecule has 1 rings (SSSR count). The fourth-order valence-electron chi connectivity index (χ4n) is 1.34. The molecule has 0 aliphatic heterocycles. The third kappa shape index (κ3) is 3.22. The van der Waals surface area contributed by atoms with Gasteiger partial charge in [0, 0.05) is 12.2 Å². The first kappa shape index (κ1) is 11.5. The van der Waals surface area contributed by atoms with Crippen LogP contribution < -0.4 is 11.1 Å². The van der Waals surface area contributed by atoms with Crippen LogP contribution in [0.4, 0.5) is 5.69 Å². The molecule has 0 aliphatic rings. The summed E-state index contributed by atoms with van der Waals surface area (Å²) in [5, 5.41) is 2.77. The third-order valence-corrected chi connectivity index (χ3v) is 2.15. The Morgan fingerprint density at radius 1 is 1.53 bits per heavy atom. The molecule has 1 amide bonds. The van der Waals surface area contributed by atoms with E-state index in [4.69, 9.17) is 5.73 Å². The second-order valence-corrected chi connectivity index (χ2v) is 3.33. The van der Waals surface area contributed by atoms with Gasteiger partial charge in [-0.05, 0) is 43.2 Å². The van der Waals surface area contributed by atoms with Gasteiger partial charge in [-0.15, -0.1) is 0 Å². The van der Waals surface area contributed by atoms with Crippen molar-refractivity contribution in [3.63, 3.8) is 0 Å². The summed E-state index contributed by atoms with van der Waals surface area (Å²) in [5.41, 5.74) is 8.54. The van der Waals surface area contributed by atoms with Gasteiger partial charge in [0.25, 0.3) is 0 Å². The lowest BCUT2D eigenvalue weighted by Gasteiger charge is -2.06. The van der Waals surface area contributed by atoms with Crippen molar-refractivity contribution >= 4 is 11.6 Å². The van der Waals surface area contributed by atoms with Gasteiger partial charge < -0.3 is 11.1 Å². The van der Waals surface area contributed by atoms with Crippen LogP contribution >= 0.6 is 0 Å². The van der Waals surface area contributed by atoms with E-state index in [0.717, 1.165) is 16.8 Å². The van der Waals surface area contributed by atoms with Crippen molar-refractivity contribution in [2.24, 2.45) is 5.73 Å². The van der Waals surface area contributed by atoms with Crippen LogP contribution in [0.2, 0.25) is 0 Å². The minimum atomic E-state index is -0.114. The number of carbonyl (C=O) groups is 1. The topological polar surface area (TPSA) is 55.1 Å². The second kappa shape index (κ2) is 5.32. The molecule has 0 fully saturated rings. The van der Waals surface area contributed by atoms with E-state index in [1.165, 1.54) is 6.08 Å². The first-order valence-corrected chi connectivity index (χ1v) is 4.90. The number of benzene rings is 1. The molecule has 0 bridgehead atoms. The lowest BCUT2D eigenvalue weighted by atomic mass is 10.1. The Kier molecular flexibility index (Phi) is 4.06. The first-order valence-electron chi connectivity index (χ1n) is 4.90. The standard InChI is InChI=1S/C12H16N2O/c1-3-4-12(15)14-11-6-5-10(8-13)9(2)7-11/h3-7H,8,13H2,1-2H3,(H,14,15)/b4-3+. The lowest BCUT2D eigenvalue weighted by molar-refractivity contribution is -0.111. The van der Waals surface area contributed by atoms with Gasteiger partial charge >= 0.3 is 0 Å². The van der Waals surface area contributed by atoms with Gasteiger partial charge in [-0.25, -0.2) is 0 Å². The second-order valence-electron chi connectivity index (χ2n) is 3.33. The highest BCUT2D eigenvalue weighted by Crippen LogP contribution is 2.14. The number of nitrogens with two attached hydrogens (primary N) is 1. The monoisotopic (exact) mass is 204 g/mol. The first-order chi connectivity index (χ1) is 7.17. The Morgan fingerprint density at radius 3 is 2.80 bits per heavy atom. The smallest absolute Gasteiger partial charge is 0.248 e. The van der Waals surface area contributed by atoms with Gasteiger partial charge in [0.2, 0.25) is 5.91 Å². The summed E-state index contributed by atoms with van der Waals surface area (Å²) in [5.74, 6) is -0.114. The number of anilines is 1. The van der Waals surface area contributed by atoms with Crippen LogP contribution in [0.25, 0.3) is 0 Å². The molecular weight excluding hydrogens is 188 g/mol. The van der Waals surface area contributed by atoms with E-state index >= 15 is 0 Å². The molecular formula is C12H16N2O. The fraction of sp³-hybridized carbons (Fsp3) is 0.250. The van der Waals surface area contributed by atoms with Gasteiger partial charge in [-0.1, -0.05) is 12.1 Å². The molecule has 3 N–H and O–H groups in total. The van der Waals surface area contributed by atoms with Gasteiger partial charge in [-0.2, -0.15) is 0 Å². The molecule has 0 atom stereocenters. The van der Waals surface area contributed by atoms with Crippen molar-refractivity contribution in [1.82, 2.24) is 0 Å². The molecule has 3 nitrogen and oxygen atoms in total. The number of aryl methyl sites for hydroxylation is 1. The number of hydrogen-bond acceptors (Lipinski definition) is 2. The molecule has 0 unspecified atom stereocenters. The summed E-state index contributed by atoms with van der Waals surface area (Å²) in [4.78, 5) is 11.3. The molecule has 1 aromatic rings. The van der Waals surface area contributed by atoms with Crippen LogP contribution in [0.5, 0.6) is 0 Å². The maximum Gasteiger partial charge on any atom is 0.248 e. The van der Waals surface area contributed by atoms with Crippen molar-refractivity contribution in [2.75, 3.05) is 5.32 Å². The molecule has 0 saturated heterocycles. The van der Waals surface area contributed by atoms with Crippen LogP contribution in [0, 0.1) is 6.92 Å². The Bertz CT molecular complexity index is 383. The lowest BCUT2D eigenvalue weighted by Crippen LogP contribution is -2.08. The molecule has 0 aromatic heterocycles. The van der Waals surface area contributed by atoms with Crippen molar-refractivity contribution in [1.29, 1.82) is 0 Å². The van der Waals surface area contributed by atoms with Crippen LogP contribution in [0.15, 0.2) is 30.4 Å². The van der Waals surface area contributed by atoms with E-state index in [1.807, 2.05) is 32.0 Å². The van der Waals surface area contributed by atoms with Crippen molar-refractivity contribution < 1.29 is 4.79 Å². The van der Waals surface area contributed by atoms with Crippen molar-refractivity contribution in [3.8, 4) is 0 Å². The van der Waals surface area contributed by atoms with Crippen LogP contribution in [0.3, 0.4) is 0 Å². The molecule has 15 heavy (non-hydrogen) atoms. The van der Waals surface area contributed by atoms with Crippen molar-refractivity contribution in [2.45, 2.75) is 20.4 Å². The summed E-state index contributed by atoms with van der Waals surface area (Å²) < 4.78 is 0. The highest BCUT2D eigenvalue weighted by molar-refractivity contribution is 5.99. The number of carbonyl (C=O) groups excluding carboxylic acids is 1. The summed E-state index contributed by atoms with van der Waals surface area (Å²) in [6.07, 6.45) is 3.20. The molecule has 80 valence electrons. The SMILES string of the molecule is C/C=C/C(=O)Nc1ccc(CN)c(C)c1. The number of nitrogens with one attached hydrogen (secondary N) is 1. The van der Waals surface area contributed by atoms with Gasteiger partial charge in [-0.3, -0.25) is 4.79 Å². The molecule has 1 aromatic carbocycles. The number of rotatable bonds is 3. The average molecular weight is 204 g/mol. The Labute approximate surface area is 90.0 Å². The highest BCUT2D eigenvalue weighted by Gasteiger charge is 2.00. The Balaban J connectivity index is 2.79. The fourth-order valence-corrected chi connectivity index (χ4v) is 1.34. The van der Waals surface area contributed by atoms with Gasteiger partial charge in [0.1, 0.15) is 0 Å². The molecule has 0 radical (unpaired) electrons. The predicted molar refractivity (Wildman–Crippen MR) is 62.5 cm³/mol. The summed E-state index contributed by atoms with van der Waals surface area (Å²) in [6, 6.07) is 5.71. The van der Waals surface area contributed by atoms with Crippen molar-refractivity contribution in [3.05, 3.63) is 41.5 Å². The van der Waals surface area contributed by atoms with Crippen LogP contribution in [0.1, 0.15) is 18.1 Å². The normalized spacial score (nSPS) is 10.6. The van der Waals surface area contributed by atoms with Crippen LogP contribution in [-0.4, -0.2) is 5.91 Å². The molecule has 0 aliphatic carbocycles. The maximum absolute atomic E-state index is 11.3. The molecule has 0 saturated carbocycles. The number of amides is 1. The highest BCUT2D eigenvalue weighted by atomic mass is 16.1. The summed E-state index contributed by atoms with van der Waals surface area (Å²) in [7, 11) is 0. The van der Waals surface area contributed by atoms with Gasteiger partial charge in [0.15, 0.2) is 0 Å². The Hall–Kier alpha value is -1.61. The number of hydrogen-bond donors (Lipinski definition) is 2. The zero-order valence-corrected chi connectivity index (χ0v) is 9.08. The maximum atomic E-state index is 11.3. The van der Waals surface area contributed by atoms with E-state index < -0.39 is 0 Å². The van der Waals surface area contributed by atoms with Crippen LogP contribution in [-0.2, 0) is 11.3 Å². The third-order valence-electron chi connectivity index (χ3n) is 2.15. The molecule has 3 heteroatoms. The predicted octanol–water partition coefficient (Wildman–Crippen LogP) is 1.97. The van der Waals surface area contributed by atoms with E-state index in [2.05, 4.69) is 5.32 Å². The zero-order valence-electron chi connectivity index (χ0n) is 9.08. The summed E-state index contributed by atoms with van der Waals surface area (Å²) in [6.45, 7) is 4.31. The Morgan fingerprint density at radius 2 is 2.27 bits per heavy atom. The molecule has 0 spiro atoms. The van der Waals surface area contributed by atoms with E-state index in [1.54, 1.807) is 6.08 Å². The van der Waals surface area contributed by atoms with E-state index in [-0.39, 0.29) is 5.91 Å². The van der Waals surface area contributed by atoms with E-state index in [9.17, 15) is 4.79 Å². The summed E-state index contributed by atoms with van der Waals surface area (Å²) >= 11 is 0. The van der Waals surface area contributed by atoms with E-state index in [0.29, 0.717) is 6.54 Å². The quantitative estimate of drug-likeness (QED) is 0.739.